The number of halogens is 2. The Hall–Kier alpha value is -4.34. The lowest BCUT2D eigenvalue weighted by molar-refractivity contribution is 0.262. The van der Waals surface area contributed by atoms with Crippen LogP contribution in [0.1, 0.15) is 5.82 Å². The Morgan fingerprint density at radius 1 is 0.935 bits per heavy atom. The normalized spacial score (nSPS) is 10.5. The van der Waals surface area contributed by atoms with Crippen LogP contribution in [0, 0.1) is 18.6 Å². The van der Waals surface area contributed by atoms with Gasteiger partial charge in [-0.3, -0.25) is 4.57 Å². The third kappa shape index (κ3) is 4.64. The zero-order valence-electron chi connectivity index (χ0n) is 16.3. The van der Waals surface area contributed by atoms with Crippen LogP contribution in [0.4, 0.5) is 36.5 Å². The maximum atomic E-state index is 13.6. The quantitative estimate of drug-likeness (QED) is 0.436. The van der Waals surface area contributed by atoms with Gasteiger partial charge in [0, 0.05) is 29.8 Å². The summed E-state index contributed by atoms with van der Waals surface area (Å²) in [5, 5.41) is 7.84. The first-order valence-corrected chi connectivity index (χ1v) is 9.21. The summed E-state index contributed by atoms with van der Waals surface area (Å²) in [6, 6.07) is 11.1. The average molecular weight is 421 g/mol. The van der Waals surface area contributed by atoms with Crippen molar-refractivity contribution in [2.45, 2.75) is 6.92 Å². The van der Waals surface area contributed by atoms with Gasteiger partial charge in [0.25, 0.3) is 0 Å². The van der Waals surface area contributed by atoms with Gasteiger partial charge in [-0.1, -0.05) is 6.07 Å². The smallest absolute Gasteiger partial charge is 0.323 e. The van der Waals surface area contributed by atoms with E-state index in [0.29, 0.717) is 17.3 Å². The molecule has 10 heteroatoms. The Balaban J connectivity index is 1.41. The fraction of sp³-hybridized carbons (Fsp3) is 0.0476. The summed E-state index contributed by atoms with van der Waals surface area (Å²) < 4.78 is 29.1. The molecule has 8 nitrogen and oxygen atoms in total. The fourth-order valence-corrected chi connectivity index (χ4v) is 2.85. The van der Waals surface area contributed by atoms with Gasteiger partial charge in [0.2, 0.25) is 0 Å². The lowest BCUT2D eigenvalue weighted by Crippen LogP contribution is -2.20. The Morgan fingerprint density at radius 3 is 2.32 bits per heavy atom. The van der Waals surface area contributed by atoms with Gasteiger partial charge in [0.05, 0.1) is 0 Å². The molecule has 0 aliphatic rings. The number of anilines is 4. The van der Waals surface area contributed by atoms with E-state index < -0.39 is 23.4 Å². The van der Waals surface area contributed by atoms with Crippen LogP contribution in [-0.4, -0.2) is 25.6 Å². The minimum Gasteiger partial charge on any atom is -0.340 e. The van der Waals surface area contributed by atoms with Crippen LogP contribution in [-0.2, 0) is 0 Å². The van der Waals surface area contributed by atoms with Crippen molar-refractivity contribution in [1.29, 1.82) is 0 Å². The van der Waals surface area contributed by atoms with Crippen LogP contribution in [0.2, 0.25) is 0 Å². The van der Waals surface area contributed by atoms with E-state index in [1.165, 1.54) is 12.4 Å². The second kappa shape index (κ2) is 8.57. The van der Waals surface area contributed by atoms with Crippen molar-refractivity contribution in [3.05, 3.63) is 84.7 Å². The van der Waals surface area contributed by atoms with Crippen molar-refractivity contribution >= 4 is 28.9 Å². The minimum absolute atomic E-state index is 0.442. The van der Waals surface area contributed by atoms with Crippen molar-refractivity contribution < 1.29 is 13.6 Å². The van der Waals surface area contributed by atoms with Crippen LogP contribution in [0.3, 0.4) is 0 Å². The maximum Gasteiger partial charge on any atom is 0.323 e. The number of nitrogens with zero attached hydrogens (tertiary/aromatic N) is 4. The highest BCUT2D eigenvalue weighted by atomic mass is 19.1. The predicted octanol–water partition coefficient (Wildman–Crippen LogP) is 4.64. The first-order chi connectivity index (χ1) is 15.0. The number of nitrogens with one attached hydrogen (secondary N) is 3. The first kappa shape index (κ1) is 20.0. The molecule has 156 valence electrons. The predicted molar refractivity (Wildman–Crippen MR) is 113 cm³/mol. The summed E-state index contributed by atoms with van der Waals surface area (Å²) in [7, 11) is 0. The van der Waals surface area contributed by atoms with Gasteiger partial charge in [-0.25, -0.2) is 28.5 Å². The zero-order valence-corrected chi connectivity index (χ0v) is 16.3. The van der Waals surface area contributed by atoms with E-state index in [4.69, 9.17) is 0 Å². The lowest BCUT2D eigenvalue weighted by Gasteiger charge is -2.11. The SMILES string of the molecule is Cc1nccn1-c1cc(Nc2ccc(NC(=O)Nc3c(F)cccc3F)cc2)ncn1. The number of amides is 2. The highest BCUT2D eigenvalue weighted by molar-refractivity contribution is 6.00. The molecule has 2 amide bonds. The number of para-hydroxylation sites is 1. The number of urea groups is 1. The van der Waals surface area contributed by atoms with Crippen molar-refractivity contribution in [1.82, 2.24) is 19.5 Å². The minimum atomic E-state index is -0.857. The third-order valence-corrected chi connectivity index (χ3v) is 4.34. The maximum absolute atomic E-state index is 13.6. The summed E-state index contributed by atoms with van der Waals surface area (Å²) in [6.07, 6.45) is 4.94. The summed E-state index contributed by atoms with van der Waals surface area (Å²) in [5.74, 6) is 0.331. The molecule has 3 N–H and O–H groups in total. The van der Waals surface area contributed by atoms with Gasteiger partial charge in [-0.2, -0.15) is 0 Å². The number of aryl methyl sites for hydroxylation is 1. The van der Waals surface area contributed by atoms with Gasteiger partial charge in [-0.05, 0) is 43.3 Å². The Bertz CT molecular complexity index is 1200. The Morgan fingerprint density at radius 2 is 1.65 bits per heavy atom. The molecular weight excluding hydrogens is 404 g/mol. The Kier molecular flexibility index (Phi) is 5.52. The molecule has 4 aromatic rings. The molecule has 0 spiro atoms. The molecule has 0 unspecified atom stereocenters. The number of carbonyl (C=O) groups is 1. The van der Waals surface area contributed by atoms with Crippen molar-refractivity contribution in [2.75, 3.05) is 16.0 Å². The van der Waals surface area contributed by atoms with Gasteiger partial charge in [-0.15, -0.1) is 0 Å². The topological polar surface area (TPSA) is 96.8 Å². The number of rotatable bonds is 5. The highest BCUT2D eigenvalue weighted by Crippen LogP contribution is 2.21. The monoisotopic (exact) mass is 421 g/mol. The number of hydrogen-bond acceptors (Lipinski definition) is 5. The van der Waals surface area contributed by atoms with Crippen LogP contribution in [0.25, 0.3) is 5.82 Å². The van der Waals surface area contributed by atoms with Crippen LogP contribution < -0.4 is 16.0 Å². The van der Waals surface area contributed by atoms with Crippen molar-refractivity contribution in [3.63, 3.8) is 0 Å². The molecular formula is C21H17F2N7O. The van der Waals surface area contributed by atoms with Gasteiger partial charge >= 0.3 is 6.03 Å². The first-order valence-electron chi connectivity index (χ1n) is 9.21. The second-order valence-corrected chi connectivity index (χ2v) is 6.48. The van der Waals surface area contributed by atoms with Crippen LogP contribution >= 0.6 is 0 Å². The van der Waals surface area contributed by atoms with E-state index in [2.05, 4.69) is 30.9 Å². The van der Waals surface area contributed by atoms with Crippen molar-refractivity contribution in [2.24, 2.45) is 0 Å². The summed E-state index contributed by atoms with van der Waals surface area (Å²) >= 11 is 0. The number of carbonyl (C=O) groups excluding carboxylic acids is 1. The summed E-state index contributed by atoms with van der Waals surface area (Å²) in [4.78, 5) is 24.7. The molecule has 31 heavy (non-hydrogen) atoms. The van der Waals surface area contributed by atoms with E-state index in [-0.39, 0.29) is 0 Å². The number of benzene rings is 2. The Labute approximate surface area is 176 Å². The number of hydrogen-bond donors (Lipinski definition) is 3. The van der Waals surface area contributed by atoms with Crippen LogP contribution in [0.5, 0.6) is 0 Å². The lowest BCUT2D eigenvalue weighted by atomic mass is 10.2. The number of aromatic nitrogens is 4. The van der Waals surface area contributed by atoms with E-state index in [0.717, 1.165) is 23.6 Å². The average Bonchev–Trinajstić information content (AvgIpc) is 3.18. The van der Waals surface area contributed by atoms with E-state index in [1.807, 2.05) is 11.5 Å². The molecule has 0 saturated carbocycles. The fourth-order valence-electron chi connectivity index (χ4n) is 2.85. The van der Waals surface area contributed by atoms with E-state index in [1.54, 1.807) is 42.7 Å². The highest BCUT2D eigenvalue weighted by Gasteiger charge is 2.12. The van der Waals surface area contributed by atoms with Gasteiger partial charge in [0.1, 0.15) is 41.1 Å². The van der Waals surface area contributed by atoms with Gasteiger partial charge in [0.15, 0.2) is 0 Å². The molecule has 0 radical (unpaired) electrons. The van der Waals surface area contributed by atoms with E-state index in [9.17, 15) is 13.6 Å². The summed E-state index contributed by atoms with van der Waals surface area (Å²) in [6.45, 7) is 1.87. The largest absolute Gasteiger partial charge is 0.340 e. The number of imidazole rings is 1. The molecule has 0 fully saturated rings. The van der Waals surface area contributed by atoms with Crippen LogP contribution in [0.15, 0.2) is 67.3 Å². The third-order valence-electron chi connectivity index (χ3n) is 4.34. The molecule has 0 bridgehead atoms. The zero-order chi connectivity index (χ0) is 21.8. The molecule has 2 aromatic carbocycles. The van der Waals surface area contributed by atoms with E-state index >= 15 is 0 Å². The second-order valence-electron chi connectivity index (χ2n) is 6.48. The standard InChI is InChI=1S/C21H17F2N7O/c1-13-24-9-10-30(13)19-11-18(25-12-26-19)27-14-5-7-15(8-6-14)28-21(31)29-20-16(22)3-2-4-17(20)23/h2-12H,1H3,(H,25,26,27)(H2,28,29,31). The summed E-state index contributed by atoms with van der Waals surface area (Å²) in [5.41, 5.74) is 0.654. The van der Waals surface area contributed by atoms with Crippen molar-refractivity contribution in [3.8, 4) is 5.82 Å². The molecule has 0 aliphatic heterocycles. The molecule has 0 aliphatic carbocycles. The molecule has 0 atom stereocenters. The molecule has 2 heterocycles. The molecule has 2 aromatic heterocycles. The molecule has 0 saturated heterocycles. The van der Waals surface area contributed by atoms with Gasteiger partial charge < -0.3 is 16.0 Å². The molecule has 4 rings (SSSR count).